The van der Waals surface area contributed by atoms with Crippen molar-refractivity contribution in [3.8, 4) is 11.5 Å². The average molecular weight is 356 g/mol. The van der Waals surface area contributed by atoms with Crippen LogP contribution in [0.3, 0.4) is 0 Å². The molecule has 1 aromatic heterocycles. The number of rotatable bonds is 5. The summed E-state index contributed by atoms with van der Waals surface area (Å²) in [7, 11) is 1.88. The van der Waals surface area contributed by atoms with Gasteiger partial charge in [-0.25, -0.2) is 0 Å². The van der Waals surface area contributed by atoms with Crippen LogP contribution in [0.25, 0.3) is 0 Å². The summed E-state index contributed by atoms with van der Waals surface area (Å²) in [6.07, 6.45) is 6.95. The second kappa shape index (κ2) is 7.03. The van der Waals surface area contributed by atoms with Crippen molar-refractivity contribution in [2.45, 2.75) is 44.4 Å². The van der Waals surface area contributed by atoms with E-state index in [0.29, 0.717) is 12.3 Å². The molecule has 0 saturated heterocycles. The van der Waals surface area contributed by atoms with Crippen LogP contribution in [0.15, 0.2) is 41.0 Å². The molecule has 1 spiro atoms. The van der Waals surface area contributed by atoms with E-state index in [1.807, 2.05) is 42.3 Å². The first-order chi connectivity index (χ1) is 12.6. The van der Waals surface area contributed by atoms with Crippen LogP contribution in [0.5, 0.6) is 11.5 Å². The fourth-order valence-electron chi connectivity index (χ4n) is 3.64. The van der Waals surface area contributed by atoms with Crippen molar-refractivity contribution in [3.63, 3.8) is 0 Å². The summed E-state index contributed by atoms with van der Waals surface area (Å²) in [6, 6.07) is 9.32. The Kier molecular flexibility index (Phi) is 4.59. The van der Waals surface area contributed by atoms with E-state index in [9.17, 15) is 4.79 Å². The number of furan rings is 1. The van der Waals surface area contributed by atoms with Gasteiger partial charge in [0.1, 0.15) is 5.76 Å². The third-order valence-corrected chi connectivity index (χ3v) is 4.85. The first kappa shape index (κ1) is 17.0. The molecule has 138 valence electrons. The predicted octanol–water partition coefficient (Wildman–Crippen LogP) is 3.78. The Morgan fingerprint density at radius 3 is 2.73 bits per heavy atom. The zero-order valence-electron chi connectivity index (χ0n) is 15.0. The molecule has 4 rings (SSSR count). The lowest BCUT2D eigenvalue weighted by Gasteiger charge is -2.31. The lowest BCUT2D eigenvalue weighted by molar-refractivity contribution is -0.117. The number of nitrogens with zero attached hydrogens (tertiary/aromatic N) is 1. The van der Waals surface area contributed by atoms with Gasteiger partial charge in [0.25, 0.3) is 5.79 Å². The van der Waals surface area contributed by atoms with Crippen LogP contribution in [0, 0.1) is 0 Å². The van der Waals surface area contributed by atoms with Crippen molar-refractivity contribution in [3.05, 3.63) is 42.4 Å². The molecule has 0 bridgehead atoms. The normalized spacial score (nSPS) is 17.6. The number of likely N-dealkylation sites (N-methyl/N-ethyl adjacent to an activating group) is 1. The highest BCUT2D eigenvalue weighted by Crippen LogP contribution is 2.46. The van der Waals surface area contributed by atoms with Crippen LogP contribution < -0.4 is 14.8 Å². The zero-order chi connectivity index (χ0) is 18.0. The Labute approximate surface area is 153 Å². The van der Waals surface area contributed by atoms with Gasteiger partial charge >= 0.3 is 0 Å². The maximum absolute atomic E-state index is 12.3. The van der Waals surface area contributed by atoms with Crippen LogP contribution in [0.4, 0.5) is 5.69 Å². The smallest absolute Gasteiger partial charge is 0.251 e. The van der Waals surface area contributed by atoms with Crippen molar-refractivity contribution >= 4 is 11.6 Å². The summed E-state index contributed by atoms with van der Waals surface area (Å²) >= 11 is 0. The number of hydrogen-bond donors (Lipinski definition) is 1. The molecule has 26 heavy (non-hydrogen) atoms. The minimum Gasteiger partial charge on any atom is -0.468 e. The highest BCUT2D eigenvalue weighted by molar-refractivity contribution is 5.92. The Hall–Kier alpha value is -2.47. The highest BCUT2D eigenvalue weighted by atomic mass is 16.7. The monoisotopic (exact) mass is 356 g/mol. The van der Waals surface area contributed by atoms with Crippen LogP contribution in [0.1, 0.15) is 37.9 Å². The van der Waals surface area contributed by atoms with E-state index in [1.54, 1.807) is 6.26 Å². The van der Waals surface area contributed by atoms with E-state index in [4.69, 9.17) is 13.9 Å². The molecular weight excluding hydrogens is 332 g/mol. The predicted molar refractivity (Wildman–Crippen MR) is 97.2 cm³/mol. The van der Waals surface area contributed by atoms with E-state index in [0.717, 1.165) is 42.9 Å². The molecule has 2 heterocycles. The van der Waals surface area contributed by atoms with Crippen LogP contribution in [-0.4, -0.2) is 30.2 Å². The first-order valence-electron chi connectivity index (χ1n) is 9.15. The maximum Gasteiger partial charge on any atom is 0.251 e. The molecule has 6 heteroatoms. The Bertz CT molecular complexity index is 766. The Balaban J connectivity index is 1.35. The zero-order valence-corrected chi connectivity index (χ0v) is 15.0. The number of nitrogens with one attached hydrogen (secondary N) is 1. The molecule has 1 N–H and O–H groups in total. The van der Waals surface area contributed by atoms with E-state index < -0.39 is 5.79 Å². The topological polar surface area (TPSA) is 63.9 Å². The molecule has 1 aliphatic heterocycles. The van der Waals surface area contributed by atoms with Gasteiger partial charge in [-0.15, -0.1) is 0 Å². The summed E-state index contributed by atoms with van der Waals surface area (Å²) in [4.78, 5) is 14.2. The third kappa shape index (κ3) is 3.70. The van der Waals surface area contributed by atoms with Crippen LogP contribution in [0.2, 0.25) is 0 Å². The number of anilines is 1. The molecule has 1 fully saturated rings. The molecule has 0 radical (unpaired) electrons. The Morgan fingerprint density at radius 2 is 1.96 bits per heavy atom. The first-order valence-corrected chi connectivity index (χ1v) is 9.15. The number of carbonyl (C=O) groups excluding carboxylic acids is 1. The maximum atomic E-state index is 12.3. The van der Waals surface area contributed by atoms with Gasteiger partial charge in [-0.1, -0.05) is 6.42 Å². The molecule has 1 amide bonds. The number of benzene rings is 1. The number of fused-ring (bicyclic) bond motifs is 1. The van der Waals surface area contributed by atoms with Crippen LogP contribution >= 0.6 is 0 Å². The number of carbonyl (C=O) groups is 1. The number of ether oxygens (including phenoxy) is 2. The molecule has 0 atom stereocenters. The van der Waals surface area contributed by atoms with Crippen molar-refractivity contribution in [1.82, 2.24) is 4.90 Å². The molecule has 1 aliphatic carbocycles. The third-order valence-electron chi connectivity index (χ3n) is 4.85. The summed E-state index contributed by atoms with van der Waals surface area (Å²) in [5.41, 5.74) is 0.719. The van der Waals surface area contributed by atoms with Gasteiger partial charge in [0.2, 0.25) is 5.91 Å². The highest BCUT2D eigenvalue weighted by Gasteiger charge is 2.42. The molecular formula is C20H24N2O4. The van der Waals surface area contributed by atoms with E-state index in [1.165, 1.54) is 6.42 Å². The molecule has 1 saturated carbocycles. The van der Waals surface area contributed by atoms with Gasteiger partial charge in [-0.05, 0) is 44.2 Å². The average Bonchev–Trinajstić information content (AvgIpc) is 3.22. The molecule has 2 aliphatic rings. The fourth-order valence-corrected chi connectivity index (χ4v) is 3.64. The number of hydrogen-bond acceptors (Lipinski definition) is 5. The molecule has 2 aromatic rings. The molecule has 6 nitrogen and oxygen atoms in total. The SMILES string of the molecule is CN(CC(=O)Nc1ccc2c(c1)OC1(CCCCC1)O2)Cc1ccco1. The van der Waals surface area contributed by atoms with Crippen molar-refractivity contribution in [2.75, 3.05) is 18.9 Å². The second-order valence-electron chi connectivity index (χ2n) is 7.14. The summed E-state index contributed by atoms with van der Waals surface area (Å²) < 4.78 is 17.5. The molecule has 0 unspecified atom stereocenters. The largest absolute Gasteiger partial charge is 0.468 e. The Morgan fingerprint density at radius 1 is 1.15 bits per heavy atom. The standard InChI is InChI=1S/C20H24N2O4/c1-22(13-16-6-5-11-24-16)14-19(23)21-15-7-8-17-18(12-15)26-20(25-17)9-3-2-4-10-20/h5-8,11-12H,2-4,9-10,13-14H2,1H3,(H,21,23). The summed E-state index contributed by atoms with van der Waals surface area (Å²) in [5, 5.41) is 2.93. The summed E-state index contributed by atoms with van der Waals surface area (Å²) in [5.74, 6) is 1.74. The minimum atomic E-state index is -0.494. The van der Waals surface area contributed by atoms with Crippen molar-refractivity contribution < 1.29 is 18.7 Å². The van der Waals surface area contributed by atoms with E-state index >= 15 is 0 Å². The summed E-state index contributed by atoms with van der Waals surface area (Å²) in [6.45, 7) is 0.864. The van der Waals surface area contributed by atoms with Crippen molar-refractivity contribution in [1.29, 1.82) is 0 Å². The minimum absolute atomic E-state index is 0.0784. The van der Waals surface area contributed by atoms with Gasteiger partial charge in [-0.2, -0.15) is 0 Å². The second-order valence-corrected chi connectivity index (χ2v) is 7.14. The van der Waals surface area contributed by atoms with Gasteiger partial charge in [0.15, 0.2) is 11.5 Å². The lowest BCUT2D eigenvalue weighted by atomic mass is 9.94. The van der Waals surface area contributed by atoms with Crippen LogP contribution in [-0.2, 0) is 11.3 Å². The molecule has 1 aromatic carbocycles. The van der Waals surface area contributed by atoms with Gasteiger partial charge in [-0.3, -0.25) is 9.69 Å². The van der Waals surface area contributed by atoms with E-state index in [-0.39, 0.29) is 12.5 Å². The van der Waals surface area contributed by atoms with Gasteiger partial charge in [0, 0.05) is 24.6 Å². The van der Waals surface area contributed by atoms with E-state index in [2.05, 4.69) is 5.32 Å². The van der Waals surface area contributed by atoms with Gasteiger partial charge < -0.3 is 19.2 Å². The lowest BCUT2D eigenvalue weighted by Crippen LogP contribution is -2.40. The van der Waals surface area contributed by atoms with Crippen molar-refractivity contribution in [2.24, 2.45) is 0 Å². The number of amides is 1. The fraction of sp³-hybridized carbons (Fsp3) is 0.450. The quantitative estimate of drug-likeness (QED) is 0.883. The van der Waals surface area contributed by atoms with Gasteiger partial charge in [0.05, 0.1) is 19.4 Å².